The van der Waals surface area contributed by atoms with Gasteiger partial charge in [-0.05, 0) is 31.2 Å². The summed E-state index contributed by atoms with van der Waals surface area (Å²) in [4.78, 5) is 22.4. The Morgan fingerprint density at radius 3 is 2.72 bits per heavy atom. The predicted molar refractivity (Wildman–Crippen MR) is 70.0 cm³/mol. The molecule has 0 aliphatic carbocycles. The van der Waals surface area contributed by atoms with Crippen molar-refractivity contribution in [2.45, 2.75) is 6.92 Å². The second kappa shape index (κ2) is 5.22. The summed E-state index contributed by atoms with van der Waals surface area (Å²) in [6.45, 7) is 2.40. The van der Waals surface area contributed by atoms with Gasteiger partial charge in [-0.2, -0.15) is 0 Å². The quantitative estimate of drug-likeness (QED) is 0.663. The Bertz CT molecular complexity index is 540. The van der Waals surface area contributed by atoms with Crippen LogP contribution >= 0.6 is 15.9 Å². The second-order valence-electron chi connectivity index (χ2n) is 3.58. The highest BCUT2D eigenvalue weighted by Crippen LogP contribution is 2.25. The molecule has 1 aromatic carbocycles. The van der Waals surface area contributed by atoms with E-state index < -0.39 is 11.9 Å². The van der Waals surface area contributed by atoms with Gasteiger partial charge in [0.1, 0.15) is 11.4 Å². The molecule has 0 radical (unpaired) electrons. The Hall–Kier alpha value is -1.82. The van der Waals surface area contributed by atoms with Crippen molar-refractivity contribution in [2.75, 3.05) is 6.61 Å². The number of hydrogen-bond donors (Lipinski definition) is 2. The van der Waals surface area contributed by atoms with Gasteiger partial charge in [0.2, 0.25) is 0 Å². The van der Waals surface area contributed by atoms with Crippen LogP contribution in [0.5, 0.6) is 5.75 Å². The lowest BCUT2D eigenvalue weighted by molar-refractivity contribution is -0.115. The average molecular weight is 311 g/mol. The number of carbonyl (C=O) groups excluding carboxylic acids is 2. The van der Waals surface area contributed by atoms with Crippen LogP contribution in [0.4, 0.5) is 4.79 Å². The molecule has 1 aromatic rings. The van der Waals surface area contributed by atoms with E-state index in [1.807, 2.05) is 19.1 Å². The molecule has 0 atom stereocenters. The van der Waals surface area contributed by atoms with Crippen molar-refractivity contribution in [1.29, 1.82) is 0 Å². The molecule has 18 heavy (non-hydrogen) atoms. The van der Waals surface area contributed by atoms with Crippen molar-refractivity contribution in [3.8, 4) is 5.75 Å². The molecule has 1 aliphatic heterocycles. The summed E-state index contributed by atoms with van der Waals surface area (Å²) >= 11 is 3.35. The fourth-order valence-electron chi connectivity index (χ4n) is 1.56. The lowest BCUT2D eigenvalue weighted by Gasteiger charge is -2.08. The van der Waals surface area contributed by atoms with Gasteiger partial charge < -0.3 is 10.1 Å². The number of urea groups is 1. The summed E-state index contributed by atoms with van der Waals surface area (Å²) in [5, 5.41) is 4.57. The Morgan fingerprint density at radius 1 is 1.33 bits per heavy atom. The van der Waals surface area contributed by atoms with E-state index in [0.717, 1.165) is 10.0 Å². The van der Waals surface area contributed by atoms with E-state index in [0.29, 0.717) is 12.4 Å². The van der Waals surface area contributed by atoms with Gasteiger partial charge in [-0.1, -0.05) is 15.9 Å². The van der Waals surface area contributed by atoms with Crippen LogP contribution in [0.15, 0.2) is 28.4 Å². The molecule has 0 spiro atoms. The van der Waals surface area contributed by atoms with Crippen LogP contribution in [-0.4, -0.2) is 18.5 Å². The Kier molecular flexibility index (Phi) is 3.66. The SMILES string of the molecule is CCOc1ccc(Br)cc1/C=C1/NC(=O)NC1=O. The average Bonchev–Trinajstić information content (AvgIpc) is 2.61. The van der Waals surface area contributed by atoms with Crippen molar-refractivity contribution in [3.05, 3.63) is 33.9 Å². The van der Waals surface area contributed by atoms with E-state index in [-0.39, 0.29) is 5.70 Å². The summed E-state index contributed by atoms with van der Waals surface area (Å²) in [5.74, 6) is 0.213. The monoisotopic (exact) mass is 310 g/mol. The molecule has 2 N–H and O–H groups in total. The molecule has 2 rings (SSSR count). The minimum Gasteiger partial charge on any atom is -0.493 e. The fraction of sp³-hybridized carbons (Fsp3) is 0.167. The number of halogens is 1. The van der Waals surface area contributed by atoms with Crippen LogP contribution in [0, 0.1) is 0 Å². The summed E-state index contributed by atoms with van der Waals surface area (Å²) in [7, 11) is 0. The topological polar surface area (TPSA) is 67.4 Å². The summed E-state index contributed by atoms with van der Waals surface area (Å²) < 4.78 is 6.32. The van der Waals surface area contributed by atoms with Crippen LogP contribution in [0.1, 0.15) is 12.5 Å². The first-order chi connectivity index (χ1) is 8.60. The molecule has 0 saturated carbocycles. The molecule has 0 unspecified atom stereocenters. The Morgan fingerprint density at radius 2 is 2.11 bits per heavy atom. The number of benzene rings is 1. The zero-order valence-electron chi connectivity index (χ0n) is 9.62. The van der Waals surface area contributed by atoms with Crippen LogP contribution in [0.2, 0.25) is 0 Å². The van der Waals surface area contributed by atoms with E-state index in [4.69, 9.17) is 4.74 Å². The summed E-state index contributed by atoms with van der Waals surface area (Å²) in [6.07, 6.45) is 1.58. The number of hydrogen-bond acceptors (Lipinski definition) is 3. The van der Waals surface area contributed by atoms with Crippen molar-refractivity contribution >= 4 is 33.9 Å². The van der Waals surface area contributed by atoms with Crippen molar-refractivity contribution < 1.29 is 14.3 Å². The molecular formula is C12H11BrN2O3. The fourth-order valence-corrected chi connectivity index (χ4v) is 1.94. The highest BCUT2D eigenvalue weighted by Gasteiger charge is 2.23. The van der Waals surface area contributed by atoms with E-state index >= 15 is 0 Å². The van der Waals surface area contributed by atoms with Crippen molar-refractivity contribution in [2.24, 2.45) is 0 Å². The van der Waals surface area contributed by atoms with Gasteiger partial charge in [-0.25, -0.2) is 4.79 Å². The number of nitrogens with one attached hydrogen (secondary N) is 2. The maximum atomic E-state index is 11.4. The normalized spacial score (nSPS) is 16.7. The molecule has 1 fully saturated rings. The number of imide groups is 1. The molecule has 6 heteroatoms. The van der Waals surface area contributed by atoms with Gasteiger partial charge >= 0.3 is 6.03 Å². The number of rotatable bonds is 3. The maximum absolute atomic E-state index is 11.4. The standard InChI is InChI=1S/C12H11BrN2O3/c1-2-18-10-4-3-8(13)5-7(10)6-9-11(16)15-12(17)14-9/h3-6H,2H2,1H3,(H2,14,15,16,17)/b9-6+. The van der Waals surface area contributed by atoms with E-state index in [2.05, 4.69) is 26.6 Å². The van der Waals surface area contributed by atoms with Crippen LogP contribution in [0.25, 0.3) is 6.08 Å². The molecule has 3 amide bonds. The first-order valence-electron chi connectivity index (χ1n) is 5.36. The Labute approximate surface area is 112 Å². The van der Waals surface area contributed by atoms with Crippen LogP contribution in [-0.2, 0) is 4.79 Å². The van der Waals surface area contributed by atoms with Gasteiger partial charge in [-0.3, -0.25) is 10.1 Å². The van der Waals surface area contributed by atoms with Crippen molar-refractivity contribution in [1.82, 2.24) is 10.6 Å². The first kappa shape index (κ1) is 12.6. The third kappa shape index (κ3) is 2.70. The third-order valence-electron chi connectivity index (χ3n) is 2.29. The minimum atomic E-state index is -0.515. The predicted octanol–water partition coefficient (Wildman–Crippen LogP) is 2.03. The van der Waals surface area contributed by atoms with E-state index in [1.165, 1.54) is 0 Å². The van der Waals surface area contributed by atoms with Gasteiger partial charge in [0.25, 0.3) is 5.91 Å². The molecule has 0 bridgehead atoms. The molecule has 94 valence electrons. The molecule has 1 aliphatic rings. The number of carbonyl (C=O) groups is 2. The summed E-state index contributed by atoms with van der Waals surface area (Å²) in [6, 6.07) is 4.95. The van der Waals surface area contributed by atoms with Gasteiger partial charge in [-0.15, -0.1) is 0 Å². The molecule has 1 saturated heterocycles. The lowest BCUT2D eigenvalue weighted by atomic mass is 10.1. The molecule has 5 nitrogen and oxygen atoms in total. The maximum Gasteiger partial charge on any atom is 0.326 e. The van der Waals surface area contributed by atoms with Gasteiger partial charge in [0.15, 0.2) is 0 Å². The zero-order valence-corrected chi connectivity index (χ0v) is 11.2. The Balaban J connectivity index is 2.38. The molecular weight excluding hydrogens is 300 g/mol. The van der Waals surface area contributed by atoms with Crippen molar-refractivity contribution in [3.63, 3.8) is 0 Å². The van der Waals surface area contributed by atoms with Gasteiger partial charge in [0.05, 0.1) is 6.61 Å². The van der Waals surface area contributed by atoms with Crippen LogP contribution < -0.4 is 15.4 Å². The van der Waals surface area contributed by atoms with E-state index in [9.17, 15) is 9.59 Å². The zero-order chi connectivity index (χ0) is 13.1. The highest BCUT2D eigenvalue weighted by atomic mass is 79.9. The summed E-state index contributed by atoms with van der Waals surface area (Å²) in [5.41, 5.74) is 0.928. The largest absolute Gasteiger partial charge is 0.493 e. The van der Waals surface area contributed by atoms with E-state index in [1.54, 1.807) is 12.1 Å². The van der Waals surface area contributed by atoms with Crippen LogP contribution in [0.3, 0.4) is 0 Å². The molecule has 1 heterocycles. The minimum absolute atomic E-state index is 0.207. The first-order valence-corrected chi connectivity index (χ1v) is 6.16. The second-order valence-corrected chi connectivity index (χ2v) is 4.50. The third-order valence-corrected chi connectivity index (χ3v) is 2.78. The molecule has 0 aromatic heterocycles. The highest BCUT2D eigenvalue weighted by molar-refractivity contribution is 9.10. The van der Waals surface area contributed by atoms with Gasteiger partial charge in [0, 0.05) is 10.0 Å². The number of ether oxygens (including phenoxy) is 1. The smallest absolute Gasteiger partial charge is 0.326 e. The number of amides is 3. The lowest BCUT2D eigenvalue weighted by Crippen LogP contribution is -2.22.